The van der Waals surface area contributed by atoms with E-state index < -0.39 is 8.80 Å². The number of hydrogen-bond donors (Lipinski definition) is 3. The third kappa shape index (κ3) is 4.16. The second-order valence-corrected chi connectivity index (χ2v) is 6.54. The third-order valence-electron chi connectivity index (χ3n) is 2.58. The van der Waals surface area contributed by atoms with Crippen LogP contribution in [0.4, 0.5) is 0 Å². The molecule has 1 unspecified atom stereocenters. The monoisotopic (exact) mass is 277 g/mol. The Labute approximate surface area is 111 Å². The van der Waals surface area contributed by atoms with E-state index in [1.807, 2.05) is 27.7 Å². The maximum absolute atomic E-state index is 5.97. The van der Waals surface area contributed by atoms with Crippen molar-refractivity contribution in [2.24, 2.45) is 17.2 Å². The number of allylic oxidation sites excluding steroid dienone is 1. The Morgan fingerprint density at radius 2 is 1.28 bits per heavy atom. The molecule has 1 atom stereocenters. The molecule has 0 rings (SSSR count). The van der Waals surface area contributed by atoms with Gasteiger partial charge in [-0.15, -0.1) is 0 Å². The predicted molar refractivity (Wildman–Crippen MR) is 74.3 cm³/mol. The molecule has 0 radical (unpaired) electrons. The molecular formula is C11H27N3O3Si. The Morgan fingerprint density at radius 3 is 1.50 bits per heavy atom. The fraction of sp³-hybridized carbons (Fsp3) is 0.818. The first-order chi connectivity index (χ1) is 8.48. The summed E-state index contributed by atoms with van der Waals surface area (Å²) in [7, 11) is -2.89. The van der Waals surface area contributed by atoms with Gasteiger partial charge in [0.2, 0.25) is 0 Å². The third-order valence-corrected chi connectivity index (χ3v) is 6.23. The van der Waals surface area contributed by atoms with Gasteiger partial charge in [0.15, 0.2) is 0 Å². The topological polar surface area (TPSA) is 106 Å². The van der Waals surface area contributed by atoms with Crippen LogP contribution in [0.15, 0.2) is 11.5 Å². The predicted octanol–water partition coefficient (Wildman–Crippen LogP) is 0.860. The SMILES string of the molecule is CCO[Si](OCC)(OCC)C(CC)C(N)=C(N)N. The zero-order chi connectivity index (χ0) is 14.2. The molecule has 0 saturated carbocycles. The summed E-state index contributed by atoms with van der Waals surface area (Å²) in [5, 5.41) is 0. The summed E-state index contributed by atoms with van der Waals surface area (Å²) in [6.07, 6.45) is 0.704. The van der Waals surface area contributed by atoms with Gasteiger partial charge in [0.25, 0.3) is 0 Å². The lowest BCUT2D eigenvalue weighted by Gasteiger charge is -2.35. The average molecular weight is 277 g/mol. The van der Waals surface area contributed by atoms with Crippen LogP contribution in [0.5, 0.6) is 0 Å². The van der Waals surface area contributed by atoms with Gasteiger partial charge in [-0.25, -0.2) is 0 Å². The van der Waals surface area contributed by atoms with Gasteiger partial charge in [0.1, 0.15) is 5.82 Å². The maximum Gasteiger partial charge on any atom is 0.510 e. The summed E-state index contributed by atoms with van der Waals surface area (Å²) in [5.74, 6) is 0.109. The molecule has 18 heavy (non-hydrogen) atoms. The van der Waals surface area contributed by atoms with Crippen molar-refractivity contribution in [2.75, 3.05) is 19.8 Å². The summed E-state index contributed by atoms with van der Waals surface area (Å²) in [6, 6.07) is 0. The fourth-order valence-electron chi connectivity index (χ4n) is 1.89. The summed E-state index contributed by atoms with van der Waals surface area (Å²) >= 11 is 0. The molecule has 0 bridgehead atoms. The zero-order valence-corrected chi connectivity index (χ0v) is 12.9. The molecule has 0 aliphatic carbocycles. The Bertz CT molecular complexity index is 253. The lowest BCUT2D eigenvalue weighted by molar-refractivity contribution is 0.0635. The molecule has 0 spiro atoms. The molecule has 0 aromatic rings. The van der Waals surface area contributed by atoms with Crippen LogP contribution in [0.1, 0.15) is 34.1 Å². The van der Waals surface area contributed by atoms with Gasteiger partial charge in [-0.2, -0.15) is 0 Å². The van der Waals surface area contributed by atoms with Crippen LogP contribution in [0.25, 0.3) is 0 Å². The lowest BCUT2D eigenvalue weighted by Crippen LogP contribution is -2.52. The summed E-state index contributed by atoms with van der Waals surface area (Å²) in [6.45, 7) is 9.19. The van der Waals surface area contributed by atoms with Crippen molar-refractivity contribution in [3.63, 3.8) is 0 Å². The van der Waals surface area contributed by atoms with Crippen LogP contribution in [0, 0.1) is 0 Å². The van der Waals surface area contributed by atoms with Crippen LogP contribution in [-0.2, 0) is 13.3 Å². The first kappa shape index (κ1) is 17.2. The minimum atomic E-state index is -2.89. The molecule has 0 aromatic heterocycles. The Hall–Kier alpha value is -0.763. The molecule has 0 saturated heterocycles. The Kier molecular flexibility index (Phi) is 8.00. The quantitative estimate of drug-likeness (QED) is 0.540. The number of rotatable bonds is 9. The molecular weight excluding hydrogens is 250 g/mol. The molecule has 0 amide bonds. The van der Waals surface area contributed by atoms with Crippen molar-refractivity contribution in [2.45, 2.75) is 39.7 Å². The van der Waals surface area contributed by atoms with Crippen LogP contribution in [0.2, 0.25) is 5.54 Å². The highest BCUT2D eigenvalue weighted by atomic mass is 28.4. The second-order valence-electron chi connectivity index (χ2n) is 3.77. The molecule has 0 aromatic carbocycles. The molecule has 7 heteroatoms. The molecule has 0 aliphatic rings. The van der Waals surface area contributed by atoms with E-state index in [4.69, 9.17) is 30.5 Å². The minimum Gasteiger partial charge on any atom is -0.399 e. The normalized spacial score (nSPS) is 13.3. The summed E-state index contributed by atoms with van der Waals surface area (Å²) in [5.41, 5.74) is 17.3. The average Bonchev–Trinajstić information content (AvgIpc) is 2.30. The van der Waals surface area contributed by atoms with E-state index in [0.717, 1.165) is 0 Å². The van der Waals surface area contributed by atoms with Crippen molar-refractivity contribution in [1.29, 1.82) is 0 Å². The zero-order valence-electron chi connectivity index (χ0n) is 11.9. The van der Waals surface area contributed by atoms with Crippen LogP contribution < -0.4 is 17.2 Å². The lowest BCUT2D eigenvalue weighted by atomic mass is 10.2. The highest BCUT2D eigenvalue weighted by Crippen LogP contribution is 2.33. The van der Waals surface area contributed by atoms with E-state index >= 15 is 0 Å². The van der Waals surface area contributed by atoms with Crippen molar-refractivity contribution in [3.05, 3.63) is 11.5 Å². The Morgan fingerprint density at radius 1 is 0.889 bits per heavy atom. The molecule has 0 aliphatic heterocycles. The van der Waals surface area contributed by atoms with E-state index in [1.54, 1.807) is 0 Å². The minimum absolute atomic E-state index is 0.109. The van der Waals surface area contributed by atoms with Crippen molar-refractivity contribution < 1.29 is 13.3 Å². The van der Waals surface area contributed by atoms with E-state index in [0.29, 0.717) is 31.9 Å². The first-order valence-electron chi connectivity index (χ1n) is 6.41. The smallest absolute Gasteiger partial charge is 0.399 e. The van der Waals surface area contributed by atoms with Gasteiger partial charge in [-0.05, 0) is 27.2 Å². The second kappa shape index (κ2) is 8.36. The largest absolute Gasteiger partial charge is 0.510 e. The van der Waals surface area contributed by atoms with E-state index in [9.17, 15) is 0 Å². The van der Waals surface area contributed by atoms with E-state index in [-0.39, 0.29) is 11.4 Å². The number of nitrogens with two attached hydrogens (primary N) is 3. The van der Waals surface area contributed by atoms with Gasteiger partial charge < -0.3 is 30.5 Å². The maximum atomic E-state index is 5.97. The molecule has 0 fully saturated rings. The summed E-state index contributed by atoms with van der Waals surface area (Å²) in [4.78, 5) is 0. The first-order valence-corrected chi connectivity index (χ1v) is 8.21. The van der Waals surface area contributed by atoms with Crippen molar-refractivity contribution >= 4 is 8.80 Å². The number of hydrogen-bond acceptors (Lipinski definition) is 6. The van der Waals surface area contributed by atoms with E-state index in [1.165, 1.54) is 0 Å². The molecule has 6 nitrogen and oxygen atoms in total. The van der Waals surface area contributed by atoms with Crippen LogP contribution >= 0.6 is 0 Å². The van der Waals surface area contributed by atoms with Crippen molar-refractivity contribution in [3.8, 4) is 0 Å². The Balaban J connectivity index is 5.39. The van der Waals surface area contributed by atoms with Gasteiger partial charge >= 0.3 is 8.80 Å². The summed E-state index contributed by atoms with van der Waals surface area (Å²) < 4.78 is 17.4. The van der Waals surface area contributed by atoms with E-state index in [2.05, 4.69) is 0 Å². The highest BCUT2D eigenvalue weighted by molar-refractivity contribution is 6.63. The molecule has 108 valence electrons. The van der Waals surface area contributed by atoms with Gasteiger partial charge in [-0.3, -0.25) is 0 Å². The molecule has 6 N–H and O–H groups in total. The standard InChI is InChI=1S/C11H27N3O3Si/c1-5-9(10(12)11(13)14)18(15-6-2,16-7-3)17-8-4/h9H,5-8,12-14H2,1-4H3. The van der Waals surface area contributed by atoms with Crippen LogP contribution in [0.3, 0.4) is 0 Å². The molecule has 0 heterocycles. The van der Waals surface area contributed by atoms with Gasteiger partial charge in [0.05, 0.1) is 11.2 Å². The van der Waals surface area contributed by atoms with Gasteiger partial charge in [-0.1, -0.05) is 6.92 Å². The van der Waals surface area contributed by atoms with Crippen LogP contribution in [-0.4, -0.2) is 28.6 Å². The van der Waals surface area contributed by atoms with Gasteiger partial charge in [0, 0.05) is 19.8 Å². The van der Waals surface area contributed by atoms with Crippen molar-refractivity contribution in [1.82, 2.24) is 0 Å². The highest BCUT2D eigenvalue weighted by Gasteiger charge is 2.50. The fourth-order valence-corrected chi connectivity index (χ4v) is 5.00.